The number of aromatic amines is 1. The number of anilines is 2. The average molecular weight is 544 g/mol. The summed E-state index contributed by atoms with van der Waals surface area (Å²) in [6.07, 6.45) is 3.72. The Morgan fingerprint density at radius 1 is 1.15 bits per heavy atom. The van der Waals surface area contributed by atoms with Crippen LogP contribution in [0.1, 0.15) is 47.2 Å². The third-order valence-electron chi connectivity index (χ3n) is 6.63. The molecule has 5 aromatic rings. The van der Waals surface area contributed by atoms with Gasteiger partial charge in [-0.25, -0.2) is 23.5 Å². The SMILES string of the molecule is CCOc1cc(CC)cc(C(Nc2ccc3c(N)nccc3c2)c2nc(-c3cccc(F)c3C(=O)O)c[nH]2)c1F. The van der Waals surface area contributed by atoms with Gasteiger partial charge in [-0.1, -0.05) is 25.1 Å². The molecule has 0 spiro atoms. The van der Waals surface area contributed by atoms with Gasteiger partial charge in [0.2, 0.25) is 0 Å². The van der Waals surface area contributed by atoms with Crippen molar-refractivity contribution in [3.63, 3.8) is 0 Å². The first-order valence-electron chi connectivity index (χ1n) is 12.7. The van der Waals surface area contributed by atoms with E-state index in [1.165, 1.54) is 18.3 Å². The van der Waals surface area contributed by atoms with Crippen molar-refractivity contribution in [1.29, 1.82) is 0 Å². The number of carbonyl (C=O) groups is 1. The second-order valence-electron chi connectivity index (χ2n) is 9.13. The molecule has 2 aromatic heterocycles. The number of aryl methyl sites for hydroxylation is 1. The lowest BCUT2D eigenvalue weighted by Gasteiger charge is -2.22. The van der Waals surface area contributed by atoms with Crippen molar-refractivity contribution in [2.45, 2.75) is 26.3 Å². The molecule has 0 aliphatic carbocycles. The van der Waals surface area contributed by atoms with E-state index < -0.39 is 29.2 Å². The number of nitrogens with zero attached hydrogens (tertiary/aromatic N) is 2. The molecule has 2 heterocycles. The number of ether oxygens (including phenoxy) is 1. The molecule has 0 fully saturated rings. The molecule has 204 valence electrons. The van der Waals surface area contributed by atoms with Gasteiger partial charge in [0.25, 0.3) is 0 Å². The summed E-state index contributed by atoms with van der Waals surface area (Å²) in [5, 5.41) is 14.6. The van der Waals surface area contributed by atoms with Crippen LogP contribution in [0, 0.1) is 11.6 Å². The Morgan fingerprint density at radius 3 is 2.73 bits per heavy atom. The summed E-state index contributed by atoms with van der Waals surface area (Å²) in [4.78, 5) is 23.6. The number of nitrogens with two attached hydrogens (primary N) is 1. The number of imidazole rings is 1. The molecular weight excluding hydrogens is 516 g/mol. The number of nitrogens with one attached hydrogen (secondary N) is 2. The van der Waals surface area contributed by atoms with Crippen molar-refractivity contribution in [3.05, 3.63) is 101 Å². The van der Waals surface area contributed by atoms with Crippen molar-refractivity contribution < 1.29 is 23.4 Å². The summed E-state index contributed by atoms with van der Waals surface area (Å²) >= 11 is 0. The van der Waals surface area contributed by atoms with Crippen LogP contribution in [-0.2, 0) is 6.42 Å². The van der Waals surface area contributed by atoms with Crippen LogP contribution >= 0.6 is 0 Å². The van der Waals surface area contributed by atoms with Gasteiger partial charge in [-0.05, 0) is 60.7 Å². The number of fused-ring (bicyclic) bond motifs is 1. The Hall–Kier alpha value is -4.99. The lowest BCUT2D eigenvalue weighted by Crippen LogP contribution is -2.17. The number of pyridine rings is 1. The summed E-state index contributed by atoms with van der Waals surface area (Å²) in [5.41, 5.74) is 7.59. The van der Waals surface area contributed by atoms with E-state index in [4.69, 9.17) is 10.5 Å². The van der Waals surface area contributed by atoms with E-state index in [1.54, 1.807) is 31.3 Å². The molecule has 10 heteroatoms. The molecule has 3 aromatic carbocycles. The lowest BCUT2D eigenvalue weighted by atomic mass is 9.99. The van der Waals surface area contributed by atoms with Gasteiger partial charge in [-0.15, -0.1) is 0 Å². The smallest absolute Gasteiger partial charge is 0.339 e. The zero-order valence-corrected chi connectivity index (χ0v) is 21.8. The van der Waals surface area contributed by atoms with Crippen molar-refractivity contribution in [2.75, 3.05) is 17.7 Å². The maximum Gasteiger partial charge on any atom is 0.339 e. The molecule has 5 rings (SSSR count). The number of rotatable bonds is 9. The maximum atomic E-state index is 15.9. The predicted octanol–water partition coefficient (Wildman–Crippen LogP) is 6.35. The van der Waals surface area contributed by atoms with Crippen molar-refractivity contribution in [3.8, 4) is 17.0 Å². The van der Waals surface area contributed by atoms with Gasteiger partial charge in [0.1, 0.15) is 29.1 Å². The fourth-order valence-corrected chi connectivity index (χ4v) is 4.68. The quantitative estimate of drug-likeness (QED) is 0.171. The Morgan fingerprint density at radius 2 is 1.98 bits per heavy atom. The number of hydrogen-bond donors (Lipinski definition) is 4. The highest BCUT2D eigenvalue weighted by Crippen LogP contribution is 2.35. The van der Waals surface area contributed by atoms with Crippen molar-refractivity contribution in [2.24, 2.45) is 0 Å². The fraction of sp³-hybridized carbons (Fsp3) is 0.167. The largest absolute Gasteiger partial charge is 0.491 e. The Balaban J connectivity index is 1.66. The standard InChI is InChI=1S/C30H27F2N5O3/c1-3-16-12-21(26(32)24(13-16)40-4-2)27(36-18-8-9-19-17(14-18)10-11-34-28(19)33)29-35-15-23(37-29)20-6-5-7-22(31)25(20)30(38)39/h5-15,27,36H,3-4H2,1-2H3,(H2,33,34)(H,35,37)(H,38,39). The third kappa shape index (κ3) is 5.03. The van der Waals surface area contributed by atoms with E-state index in [-0.39, 0.29) is 29.2 Å². The third-order valence-corrected chi connectivity index (χ3v) is 6.63. The van der Waals surface area contributed by atoms with Crippen LogP contribution in [0.2, 0.25) is 0 Å². The number of carboxylic acid groups (broad SMARTS) is 1. The van der Waals surface area contributed by atoms with E-state index in [0.29, 0.717) is 23.8 Å². The molecule has 0 saturated heterocycles. The lowest BCUT2D eigenvalue weighted by molar-refractivity contribution is 0.0692. The van der Waals surface area contributed by atoms with E-state index >= 15 is 4.39 Å². The van der Waals surface area contributed by atoms with E-state index in [9.17, 15) is 14.3 Å². The Bertz CT molecular complexity index is 1720. The van der Waals surface area contributed by atoms with Crippen molar-refractivity contribution >= 4 is 28.2 Å². The van der Waals surface area contributed by atoms with Gasteiger partial charge in [0.05, 0.1) is 12.3 Å². The van der Waals surface area contributed by atoms with Gasteiger partial charge >= 0.3 is 5.97 Å². The fourth-order valence-electron chi connectivity index (χ4n) is 4.68. The summed E-state index contributed by atoms with van der Waals surface area (Å²) in [6, 6.07) is 13.8. The topological polar surface area (TPSA) is 126 Å². The highest BCUT2D eigenvalue weighted by Gasteiger charge is 2.26. The number of nitrogen functional groups attached to an aromatic ring is 1. The highest BCUT2D eigenvalue weighted by atomic mass is 19.1. The molecule has 8 nitrogen and oxygen atoms in total. The van der Waals surface area contributed by atoms with Crippen LogP contribution in [0.4, 0.5) is 20.3 Å². The van der Waals surface area contributed by atoms with Crippen LogP contribution in [0.25, 0.3) is 22.0 Å². The van der Waals surface area contributed by atoms with Gasteiger partial charge in [-0.2, -0.15) is 0 Å². The number of carboxylic acids is 1. The molecule has 0 bridgehead atoms. The second-order valence-corrected chi connectivity index (χ2v) is 9.13. The molecular formula is C30H27F2N5O3. The Labute approximate surface area is 228 Å². The van der Waals surface area contributed by atoms with Crippen LogP contribution < -0.4 is 15.8 Å². The minimum absolute atomic E-state index is 0.0974. The number of H-pyrrole nitrogens is 1. The molecule has 1 atom stereocenters. The zero-order chi connectivity index (χ0) is 28.4. The molecule has 1 unspecified atom stereocenters. The zero-order valence-electron chi connectivity index (χ0n) is 21.8. The number of benzene rings is 3. The van der Waals surface area contributed by atoms with Gasteiger partial charge < -0.3 is 25.9 Å². The monoisotopic (exact) mass is 543 g/mol. The average Bonchev–Trinajstić information content (AvgIpc) is 3.43. The maximum absolute atomic E-state index is 15.9. The van der Waals surface area contributed by atoms with Crippen molar-refractivity contribution in [1.82, 2.24) is 15.0 Å². The molecule has 5 N–H and O–H groups in total. The molecule has 0 aliphatic rings. The minimum atomic E-state index is -1.42. The first kappa shape index (κ1) is 26.6. The normalized spacial score (nSPS) is 11.9. The molecule has 0 aliphatic heterocycles. The van der Waals surface area contributed by atoms with Crippen LogP contribution in [0.3, 0.4) is 0 Å². The minimum Gasteiger partial charge on any atom is -0.491 e. The number of aromatic carboxylic acids is 1. The predicted molar refractivity (Wildman–Crippen MR) is 150 cm³/mol. The van der Waals surface area contributed by atoms with Gasteiger partial charge in [0.15, 0.2) is 11.6 Å². The first-order valence-corrected chi connectivity index (χ1v) is 12.7. The number of halogens is 2. The molecule has 40 heavy (non-hydrogen) atoms. The second kappa shape index (κ2) is 11.0. The first-order chi connectivity index (χ1) is 19.3. The van der Waals surface area contributed by atoms with Crippen LogP contribution in [0.5, 0.6) is 5.75 Å². The molecule has 0 saturated carbocycles. The van der Waals surface area contributed by atoms with E-state index in [2.05, 4.69) is 20.3 Å². The summed E-state index contributed by atoms with van der Waals surface area (Å²) in [6.45, 7) is 4.02. The van der Waals surface area contributed by atoms with Crippen LogP contribution in [-0.4, -0.2) is 32.6 Å². The summed E-state index contributed by atoms with van der Waals surface area (Å²) < 4.78 is 35.9. The molecule has 0 radical (unpaired) electrons. The van der Waals surface area contributed by atoms with Gasteiger partial charge in [-0.3, -0.25) is 0 Å². The number of hydrogen-bond acceptors (Lipinski definition) is 6. The van der Waals surface area contributed by atoms with Gasteiger partial charge in [0, 0.05) is 34.6 Å². The van der Waals surface area contributed by atoms with Crippen LogP contribution in [0.15, 0.2) is 67.0 Å². The summed E-state index contributed by atoms with van der Waals surface area (Å²) in [5.74, 6) is -2.05. The van der Waals surface area contributed by atoms with E-state index in [0.717, 1.165) is 22.4 Å². The molecule has 0 amide bonds. The Kier molecular flexibility index (Phi) is 7.33. The van der Waals surface area contributed by atoms with E-state index in [1.807, 2.05) is 25.1 Å². The number of aromatic nitrogens is 3. The summed E-state index contributed by atoms with van der Waals surface area (Å²) in [7, 11) is 0. The highest BCUT2D eigenvalue weighted by molar-refractivity contribution is 5.96.